The Bertz CT molecular complexity index is 1390. The van der Waals surface area contributed by atoms with Crippen LogP contribution in [0.1, 0.15) is 27.3 Å². The third kappa shape index (κ3) is 4.51. The fourth-order valence-electron chi connectivity index (χ4n) is 3.29. The van der Waals surface area contributed by atoms with Gasteiger partial charge in [-0.05, 0) is 47.5 Å². The molecule has 0 aliphatic carbocycles. The molecule has 3 aromatic carbocycles. The molecular formula is C24H19N3O4S. The van der Waals surface area contributed by atoms with E-state index in [1.165, 1.54) is 35.0 Å². The van der Waals surface area contributed by atoms with E-state index in [-0.39, 0.29) is 10.6 Å². The number of rotatable bonds is 6. The third-order valence-corrected chi connectivity index (χ3v) is 5.74. The molecule has 0 saturated carbocycles. The van der Waals surface area contributed by atoms with Gasteiger partial charge >= 0.3 is 5.97 Å². The third-order valence-electron chi connectivity index (χ3n) is 4.81. The molecule has 0 amide bonds. The average Bonchev–Trinajstić information content (AvgIpc) is 3.24. The van der Waals surface area contributed by atoms with Gasteiger partial charge in [0.05, 0.1) is 16.3 Å². The van der Waals surface area contributed by atoms with Crippen molar-refractivity contribution in [2.45, 2.75) is 4.90 Å². The molecule has 4 aromatic rings. The van der Waals surface area contributed by atoms with E-state index < -0.39 is 16.0 Å². The van der Waals surface area contributed by atoms with E-state index in [4.69, 9.17) is 5.14 Å². The normalized spacial score (nSPS) is 12.0. The van der Waals surface area contributed by atoms with Crippen molar-refractivity contribution < 1.29 is 18.3 Å². The Balaban J connectivity index is 1.94. The molecule has 1 heterocycles. The number of nitrogens with zero attached hydrogens (tertiary/aromatic N) is 2. The number of benzene rings is 3. The fourth-order valence-corrected chi connectivity index (χ4v) is 3.81. The lowest BCUT2D eigenvalue weighted by Gasteiger charge is -2.12. The Morgan fingerprint density at radius 1 is 0.906 bits per heavy atom. The number of carbonyl (C=O) groups is 1. The molecule has 0 spiro atoms. The number of aromatic carboxylic acids is 1. The first-order valence-corrected chi connectivity index (χ1v) is 11.2. The lowest BCUT2D eigenvalue weighted by atomic mass is 9.99. The Morgan fingerprint density at radius 3 is 2.06 bits per heavy atom. The number of hydrogen-bond acceptors (Lipinski definition) is 4. The summed E-state index contributed by atoms with van der Waals surface area (Å²) in [5.74, 6) is -1.17. The zero-order chi connectivity index (χ0) is 22.7. The smallest absolute Gasteiger partial charge is 0.356 e. The van der Waals surface area contributed by atoms with Crippen LogP contribution in [0.2, 0.25) is 0 Å². The number of carboxylic acids is 1. The van der Waals surface area contributed by atoms with Crippen LogP contribution in [0.15, 0.2) is 95.9 Å². The van der Waals surface area contributed by atoms with Crippen LogP contribution in [-0.2, 0) is 10.0 Å². The Morgan fingerprint density at radius 2 is 1.50 bits per heavy atom. The van der Waals surface area contributed by atoms with Crippen molar-refractivity contribution in [3.8, 4) is 5.69 Å². The van der Waals surface area contributed by atoms with Crippen molar-refractivity contribution in [2.75, 3.05) is 0 Å². The Kier molecular flexibility index (Phi) is 5.72. The highest BCUT2D eigenvalue weighted by atomic mass is 32.2. The van der Waals surface area contributed by atoms with Gasteiger partial charge in [0.2, 0.25) is 10.0 Å². The van der Waals surface area contributed by atoms with Crippen LogP contribution in [0.3, 0.4) is 0 Å². The van der Waals surface area contributed by atoms with Gasteiger partial charge < -0.3 is 5.11 Å². The van der Waals surface area contributed by atoms with Gasteiger partial charge in [0.25, 0.3) is 0 Å². The maximum absolute atomic E-state index is 11.7. The molecule has 8 heteroatoms. The second-order valence-corrected chi connectivity index (χ2v) is 8.57. The van der Waals surface area contributed by atoms with Gasteiger partial charge in [0.15, 0.2) is 5.69 Å². The van der Waals surface area contributed by atoms with Gasteiger partial charge in [0, 0.05) is 5.57 Å². The molecule has 0 atom stereocenters. The quantitative estimate of drug-likeness (QED) is 0.438. The molecule has 1 aromatic heterocycles. The molecule has 3 N–H and O–H groups in total. The molecule has 0 aliphatic heterocycles. The van der Waals surface area contributed by atoms with Gasteiger partial charge in [-0.3, -0.25) is 0 Å². The van der Waals surface area contributed by atoms with Crippen molar-refractivity contribution in [1.82, 2.24) is 9.78 Å². The second kappa shape index (κ2) is 8.62. The van der Waals surface area contributed by atoms with Gasteiger partial charge in [-0.2, -0.15) is 5.10 Å². The van der Waals surface area contributed by atoms with Gasteiger partial charge in [0.1, 0.15) is 0 Å². The molecule has 0 fully saturated rings. The van der Waals surface area contributed by atoms with Crippen LogP contribution in [0.5, 0.6) is 0 Å². The Hall–Kier alpha value is -4.01. The van der Waals surface area contributed by atoms with Crippen LogP contribution in [0.25, 0.3) is 17.3 Å². The van der Waals surface area contributed by atoms with E-state index in [1.54, 1.807) is 0 Å². The minimum Gasteiger partial charge on any atom is -0.476 e. The predicted octanol–water partition coefficient (Wildman–Crippen LogP) is 3.81. The van der Waals surface area contributed by atoms with Crippen LogP contribution in [0, 0.1) is 0 Å². The number of hydrogen-bond donors (Lipinski definition) is 2. The van der Waals surface area contributed by atoms with Crippen molar-refractivity contribution in [1.29, 1.82) is 0 Å². The van der Waals surface area contributed by atoms with Crippen LogP contribution in [-0.4, -0.2) is 29.3 Å². The molecule has 7 nitrogen and oxygen atoms in total. The summed E-state index contributed by atoms with van der Waals surface area (Å²) in [6.07, 6.45) is 1.95. The Labute approximate surface area is 185 Å². The van der Waals surface area contributed by atoms with E-state index in [1.807, 2.05) is 66.7 Å². The van der Waals surface area contributed by atoms with Crippen molar-refractivity contribution >= 4 is 27.6 Å². The monoisotopic (exact) mass is 445 g/mol. The number of carboxylic acid groups (broad SMARTS) is 1. The van der Waals surface area contributed by atoms with Gasteiger partial charge in [-0.1, -0.05) is 60.7 Å². The van der Waals surface area contributed by atoms with E-state index in [9.17, 15) is 18.3 Å². The van der Waals surface area contributed by atoms with E-state index in [0.717, 1.165) is 16.7 Å². The van der Waals surface area contributed by atoms with Crippen LogP contribution < -0.4 is 5.14 Å². The van der Waals surface area contributed by atoms with E-state index >= 15 is 0 Å². The lowest BCUT2D eigenvalue weighted by Crippen LogP contribution is -2.12. The number of primary sulfonamides is 1. The topological polar surface area (TPSA) is 115 Å². The summed E-state index contributed by atoms with van der Waals surface area (Å²) in [7, 11) is -3.86. The first kappa shape index (κ1) is 21.2. The summed E-state index contributed by atoms with van der Waals surface area (Å²) in [6.45, 7) is 0. The largest absolute Gasteiger partial charge is 0.476 e. The highest BCUT2D eigenvalue weighted by Gasteiger charge is 2.19. The molecule has 0 unspecified atom stereocenters. The average molecular weight is 446 g/mol. The lowest BCUT2D eigenvalue weighted by molar-refractivity contribution is 0.0690. The molecule has 0 aliphatic rings. The highest BCUT2D eigenvalue weighted by Crippen LogP contribution is 2.29. The maximum atomic E-state index is 11.7. The highest BCUT2D eigenvalue weighted by molar-refractivity contribution is 7.89. The molecular weight excluding hydrogens is 426 g/mol. The summed E-state index contributed by atoms with van der Waals surface area (Å²) in [4.78, 5) is 11.7. The van der Waals surface area contributed by atoms with Gasteiger partial charge in [-0.15, -0.1) is 0 Å². The molecule has 32 heavy (non-hydrogen) atoms. The first-order chi connectivity index (χ1) is 15.3. The molecule has 0 saturated heterocycles. The van der Waals surface area contributed by atoms with Crippen molar-refractivity contribution in [3.63, 3.8) is 0 Å². The van der Waals surface area contributed by atoms with Crippen molar-refractivity contribution in [3.05, 3.63) is 114 Å². The fraction of sp³-hybridized carbons (Fsp3) is 0. The van der Waals surface area contributed by atoms with Gasteiger partial charge in [-0.25, -0.2) is 23.0 Å². The van der Waals surface area contributed by atoms with E-state index in [0.29, 0.717) is 11.4 Å². The minimum atomic E-state index is -3.86. The minimum absolute atomic E-state index is 0.0449. The summed E-state index contributed by atoms with van der Waals surface area (Å²) in [5.41, 5.74) is 3.46. The SMILES string of the molecule is NS(=O)(=O)c1ccc(-n2nc(C(=O)O)cc2/C(=C/c2ccccc2)c2ccccc2)cc1. The predicted molar refractivity (Wildman–Crippen MR) is 122 cm³/mol. The van der Waals surface area contributed by atoms with Crippen molar-refractivity contribution in [2.24, 2.45) is 5.14 Å². The van der Waals surface area contributed by atoms with E-state index in [2.05, 4.69) is 5.10 Å². The number of aromatic nitrogens is 2. The summed E-state index contributed by atoms with van der Waals surface area (Å²) in [5, 5.41) is 19.0. The van der Waals surface area contributed by atoms with Crippen LogP contribution in [0.4, 0.5) is 0 Å². The number of sulfonamides is 1. The molecule has 160 valence electrons. The first-order valence-electron chi connectivity index (χ1n) is 9.62. The zero-order valence-electron chi connectivity index (χ0n) is 16.8. The maximum Gasteiger partial charge on any atom is 0.356 e. The molecule has 0 bridgehead atoms. The summed E-state index contributed by atoms with van der Waals surface area (Å²) in [6, 6.07) is 26.5. The standard InChI is InChI=1S/C24H19N3O4S/c25-32(30,31)20-13-11-19(12-14-20)27-23(16-22(26-27)24(28)29)21(18-9-5-2-6-10-18)15-17-7-3-1-4-8-17/h1-16H,(H,28,29)(H2,25,30,31)/b21-15+. The summed E-state index contributed by atoms with van der Waals surface area (Å²) >= 11 is 0. The number of nitrogens with two attached hydrogens (primary N) is 1. The van der Waals surface area contributed by atoms with Crippen LogP contribution >= 0.6 is 0 Å². The molecule has 0 radical (unpaired) electrons. The molecule has 4 rings (SSSR count). The summed E-state index contributed by atoms with van der Waals surface area (Å²) < 4.78 is 24.7. The zero-order valence-corrected chi connectivity index (χ0v) is 17.6. The second-order valence-electron chi connectivity index (χ2n) is 7.01.